The van der Waals surface area contributed by atoms with E-state index in [2.05, 4.69) is 15.5 Å². The van der Waals surface area contributed by atoms with Crippen LogP contribution in [-0.4, -0.2) is 41.9 Å². The number of nitrogens with zero attached hydrogens (tertiary/aromatic N) is 3. The predicted molar refractivity (Wildman–Crippen MR) is 107 cm³/mol. The Morgan fingerprint density at radius 3 is 2.55 bits per heavy atom. The fourth-order valence-corrected chi connectivity index (χ4v) is 5.67. The Hall–Kier alpha value is -2.26. The normalized spacial score (nSPS) is 21.7. The maximum absolute atomic E-state index is 12.8. The summed E-state index contributed by atoms with van der Waals surface area (Å²) >= 11 is 0. The Morgan fingerprint density at radius 1 is 1.03 bits per heavy atom. The Bertz CT molecular complexity index is 938. The van der Waals surface area contributed by atoms with Gasteiger partial charge in [-0.05, 0) is 37.8 Å². The monoisotopic (exact) mass is 418 g/mol. The van der Waals surface area contributed by atoms with Gasteiger partial charge in [0.25, 0.3) is 0 Å². The maximum Gasteiger partial charge on any atom is 0.322 e. The Labute approximate surface area is 170 Å². The number of hydrogen-bond donors (Lipinski definition) is 1. The molecule has 8 nitrogen and oxygen atoms in total. The van der Waals surface area contributed by atoms with Gasteiger partial charge in [-0.15, -0.1) is 5.10 Å². The molecule has 1 amide bonds. The summed E-state index contributed by atoms with van der Waals surface area (Å²) in [5, 5.41) is 10.7. The van der Waals surface area contributed by atoms with Crippen molar-refractivity contribution in [2.75, 3.05) is 18.4 Å². The van der Waals surface area contributed by atoms with Crippen molar-refractivity contribution in [3.63, 3.8) is 0 Å². The fourth-order valence-electron chi connectivity index (χ4n) is 4.12. The minimum absolute atomic E-state index is 0.0959. The highest BCUT2D eigenvalue weighted by Crippen LogP contribution is 2.32. The van der Waals surface area contributed by atoms with Gasteiger partial charge < -0.3 is 4.42 Å². The van der Waals surface area contributed by atoms with Crippen molar-refractivity contribution in [2.24, 2.45) is 5.92 Å². The molecule has 29 heavy (non-hydrogen) atoms. The van der Waals surface area contributed by atoms with Gasteiger partial charge in [-0.3, -0.25) is 10.1 Å². The van der Waals surface area contributed by atoms with Crippen molar-refractivity contribution < 1.29 is 17.6 Å². The van der Waals surface area contributed by atoms with Crippen molar-refractivity contribution in [1.29, 1.82) is 0 Å². The standard InChI is InChI=1S/C20H26N4O4S/c25-18(21-20-23-22-19(28-20)15-8-3-1-4-9-15)16-10-7-13-24(14-16)29(26,27)17-11-5-2-6-12-17/h2,5-6,11-12,15-16H,1,3-4,7-10,13-14H2,(H,21,23,25). The third-order valence-corrected chi connectivity index (χ3v) is 7.64. The van der Waals surface area contributed by atoms with E-state index in [4.69, 9.17) is 4.42 Å². The second-order valence-electron chi connectivity index (χ2n) is 7.78. The van der Waals surface area contributed by atoms with Gasteiger partial charge in [0.05, 0.1) is 10.8 Å². The number of anilines is 1. The molecule has 4 rings (SSSR count). The zero-order chi connectivity index (χ0) is 20.3. The molecule has 1 aromatic heterocycles. The number of sulfonamides is 1. The number of hydrogen-bond acceptors (Lipinski definition) is 6. The molecule has 0 bridgehead atoms. The van der Waals surface area contributed by atoms with E-state index >= 15 is 0 Å². The molecule has 9 heteroatoms. The second kappa shape index (κ2) is 8.62. The van der Waals surface area contributed by atoms with Crippen molar-refractivity contribution in [3.8, 4) is 0 Å². The van der Waals surface area contributed by atoms with Gasteiger partial charge in [-0.25, -0.2) is 8.42 Å². The van der Waals surface area contributed by atoms with Gasteiger partial charge in [0.2, 0.25) is 21.8 Å². The van der Waals surface area contributed by atoms with Crippen LogP contribution in [0.25, 0.3) is 0 Å². The minimum atomic E-state index is -3.61. The molecule has 1 aromatic carbocycles. The van der Waals surface area contributed by atoms with Gasteiger partial charge in [0.15, 0.2) is 0 Å². The average Bonchev–Trinajstić information content (AvgIpc) is 3.23. The minimum Gasteiger partial charge on any atom is -0.408 e. The smallest absolute Gasteiger partial charge is 0.322 e. The van der Waals surface area contributed by atoms with Gasteiger partial charge in [-0.2, -0.15) is 4.31 Å². The van der Waals surface area contributed by atoms with E-state index in [-0.39, 0.29) is 29.3 Å². The SMILES string of the molecule is O=C(Nc1nnc(C2CCCCC2)o1)C1CCCN(S(=O)(=O)c2ccccc2)C1. The highest BCUT2D eigenvalue weighted by molar-refractivity contribution is 7.89. The van der Waals surface area contributed by atoms with Crippen molar-refractivity contribution in [3.05, 3.63) is 36.2 Å². The van der Waals surface area contributed by atoms with E-state index in [0.29, 0.717) is 25.3 Å². The van der Waals surface area contributed by atoms with Crippen LogP contribution in [0, 0.1) is 5.92 Å². The summed E-state index contributed by atoms with van der Waals surface area (Å²) in [4.78, 5) is 12.9. The van der Waals surface area contributed by atoms with E-state index in [0.717, 1.165) is 25.7 Å². The molecule has 2 heterocycles. The Balaban J connectivity index is 1.40. The Morgan fingerprint density at radius 2 is 1.79 bits per heavy atom. The third-order valence-electron chi connectivity index (χ3n) is 5.76. The summed E-state index contributed by atoms with van der Waals surface area (Å²) in [5.41, 5.74) is 0. The molecule has 2 aliphatic rings. The van der Waals surface area contributed by atoms with E-state index in [1.165, 1.54) is 10.7 Å². The molecule has 156 valence electrons. The first-order chi connectivity index (χ1) is 14.0. The van der Waals surface area contributed by atoms with Crippen molar-refractivity contribution >= 4 is 21.9 Å². The highest BCUT2D eigenvalue weighted by atomic mass is 32.2. The number of nitrogens with one attached hydrogen (secondary N) is 1. The average molecular weight is 419 g/mol. The van der Waals surface area contributed by atoms with Crippen LogP contribution >= 0.6 is 0 Å². The second-order valence-corrected chi connectivity index (χ2v) is 9.72. The largest absolute Gasteiger partial charge is 0.408 e. The number of amides is 1. The zero-order valence-corrected chi connectivity index (χ0v) is 17.1. The lowest BCUT2D eigenvalue weighted by atomic mass is 9.89. The van der Waals surface area contributed by atoms with E-state index < -0.39 is 15.9 Å². The maximum atomic E-state index is 12.8. The van der Waals surface area contributed by atoms with Crippen LogP contribution < -0.4 is 5.32 Å². The van der Waals surface area contributed by atoms with Crippen molar-refractivity contribution in [1.82, 2.24) is 14.5 Å². The molecule has 1 saturated heterocycles. The van der Waals surface area contributed by atoms with Crippen LogP contribution in [0.4, 0.5) is 6.01 Å². The summed E-state index contributed by atoms with van der Waals surface area (Å²) in [5.74, 6) is 0.115. The molecule has 1 aliphatic heterocycles. The van der Waals surface area contributed by atoms with E-state index in [9.17, 15) is 13.2 Å². The lowest BCUT2D eigenvalue weighted by Gasteiger charge is -2.30. The summed E-state index contributed by atoms with van der Waals surface area (Å²) in [6.07, 6.45) is 6.86. The number of aromatic nitrogens is 2. The van der Waals surface area contributed by atoms with Crippen LogP contribution in [0.3, 0.4) is 0 Å². The first-order valence-corrected chi connectivity index (χ1v) is 11.7. The number of carbonyl (C=O) groups excluding carboxylic acids is 1. The van der Waals surface area contributed by atoms with Crippen LogP contribution in [0.2, 0.25) is 0 Å². The lowest BCUT2D eigenvalue weighted by Crippen LogP contribution is -2.43. The number of rotatable bonds is 5. The van der Waals surface area contributed by atoms with Crippen LogP contribution in [0.1, 0.15) is 56.8 Å². The van der Waals surface area contributed by atoms with Crippen LogP contribution in [-0.2, 0) is 14.8 Å². The molecule has 1 N–H and O–H groups in total. The number of carbonyl (C=O) groups is 1. The number of piperidine rings is 1. The van der Waals surface area contributed by atoms with E-state index in [1.807, 2.05) is 0 Å². The van der Waals surface area contributed by atoms with Gasteiger partial charge in [-0.1, -0.05) is 42.6 Å². The molecule has 0 spiro atoms. The summed E-state index contributed by atoms with van der Waals surface area (Å²) in [6, 6.07) is 8.41. The Kier molecular flexibility index (Phi) is 5.96. The molecule has 1 saturated carbocycles. The summed E-state index contributed by atoms with van der Waals surface area (Å²) in [6.45, 7) is 0.556. The molecule has 2 fully saturated rings. The quantitative estimate of drug-likeness (QED) is 0.800. The van der Waals surface area contributed by atoms with Crippen LogP contribution in [0.5, 0.6) is 0 Å². The topological polar surface area (TPSA) is 105 Å². The molecule has 2 aromatic rings. The molecular formula is C20H26N4O4S. The third kappa shape index (κ3) is 4.51. The van der Waals surface area contributed by atoms with Crippen LogP contribution in [0.15, 0.2) is 39.6 Å². The van der Waals surface area contributed by atoms with Gasteiger partial charge >= 0.3 is 6.01 Å². The molecular weight excluding hydrogens is 392 g/mol. The van der Waals surface area contributed by atoms with Gasteiger partial charge in [0, 0.05) is 19.0 Å². The number of benzene rings is 1. The molecule has 1 atom stereocenters. The van der Waals surface area contributed by atoms with Gasteiger partial charge in [0.1, 0.15) is 0 Å². The fraction of sp³-hybridized carbons (Fsp3) is 0.550. The first kappa shape index (κ1) is 20.0. The van der Waals surface area contributed by atoms with E-state index in [1.54, 1.807) is 30.3 Å². The first-order valence-electron chi connectivity index (χ1n) is 10.2. The zero-order valence-electron chi connectivity index (χ0n) is 16.3. The molecule has 1 aliphatic carbocycles. The summed E-state index contributed by atoms with van der Waals surface area (Å²) < 4.78 is 32.7. The predicted octanol–water partition coefficient (Wildman–Crippen LogP) is 3.16. The highest BCUT2D eigenvalue weighted by Gasteiger charge is 2.34. The molecule has 0 radical (unpaired) electrons. The van der Waals surface area contributed by atoms with Crippen molar-refractivity contribution in [2.45, 2.75) is 55.8 Å². The molecule has 1 unspecified atom stereocenters. The lowest BCUT2D eigenvalue weighted by molar-refractivity contribution is -0.121. The summed E-state index contributed by atoms with van der Waals surface area (Å²) in [7, 11) is -3.61.